The third-order valence-corrected chi connectivity index (χ3v) is 5.64. The number of carbonyl (C=O) groups is 1. The number of para-hydroxylation sites is 1. The molecule has 27 heavy (non-hydrogen) atoms. The van der Waals surface area contributed by atoms with Gasteiger partial charge in [0.15, 0.2) is 0 Å². The molecule has 1 heterocycles. The number of amides is 1. The zero-order valence-corrected chi connectivity index (χ0v) is 15.9. The van der Waals surface area contributed by atoms with Gasteiger partial charge in [-0.2, -0.15) is 5.10 Å². The minimum absolute atomic E-state index is 0.201. The molecule has 1 amide bonds. The van der Waals surface area contributed by atoms with Crippen LogP contribution in [0.3, 0.4) is 0 Å². The Morgan fingerprint density at radius 3 is 2.56 bits per heavy atom. The van der Waals surface area contributed by atoms with Crippen molar-refractivity contribution in [3.63, 3.8) is 0 Å². The Balaban J connectivity index is 1.53. The largest absolute Gasteiger partial charge is 0.354 e. The van der Waals surface area contributed by atoms with Crippen molar-refractivity contribution in [2.45, 2.75) is 23.6 Å². The number of hydrogen-bond acceptors (Lipinski definition) is 4. The molecule has 5 heteroatoms. The van der Waals surface area contributed by atoms with Crippen LogP contribution in [0.5, 0.6) is 0 Å². The van der Waals surface area contributed by atoms with E-state index in [1.165, 1.54) is 9.79 Å². The first-order valence-electron chi connectivity index (χ1n) is 8.70. The molecule has 0 radical (unpaired) electrons. The van der Waals surface area contributed by atoms with Crippen LogP contribution < -0.4 is 10.7 Å². The molecule has 4 nitrogen and oxygen atoms in total. The molecule has 2 N–H and O–H groups in total. The van der Waals surface area contributed by atoms with Crippen molar-refractivity contribution < 1.29 is 4.79 Å². The molecule has 0 bridgehead atoms. The molecule has 0 unspecified atom stereocenters. The lowest BCUT2D eigenvalue weighted by Crippen LogP contribution is -2.20. The summed E-state index contributed by atoms with van der Waals surface area (Å²) in [5, 5.41) is 7.76. The van der Waals surface area contributed by atoms with Gasteiger partial charge in [-0.05, 0) is 55.3 Å². The molecule has 0 spiro atoms. The second kappa shape index (κ2) is 7.29. The third kappa shape index (κ3) is 3.59. The van der Waals surface area contributed by atoms with Crippen LogP contribution >= 0.6 is 11.8 Å². The van der Waals surface area contributed by atoms with Gasteiger partial charge in [-0.15, -0.1) is 0 Å². The Hall–Kier alpha value is -3.05. The van der Waals surface area contributed by atoms with Crippen LogP contribution in [-0.4, -0.2) is 11.6 Å². The molecule has 1 aliphatic heterocycles. The number of nitrogens with zero attached hydrogens (tertiary/aromatic N) is 1. The molecule has 0 saturated heterocycles. The van der Waals surface area contributed by atoms with E-state index >= 15 is 0 Å². The van der Waals surface area contributed by atoms with Gasteiger partial charge >= 0.3 is 0 Å². The molecular formula is C22H19N3OS. The van der Waals surface area contributed by atoms with Crippen molar-refractivity contribution in [3.8, 4) is 0 Å². The fourth-order valence-corrected chi connectivity index (χ4v) is 3.92. The number of fused-ring (bicyclic) bond motifs is 2. The zero-order chi connectivity index (χ0) is 18.8. The van der Waals surface area contributed by atoms with Crippen LogP contribution in [0.15, 0.2) is 81.6 Å². The monoisotopic (exact) mass is 373 g/mol. The number of nitrogens with one attached hydrogen (secondary N) is 2. The minimum atomic E-state index is -0.201. The maximum absolute atomic E-state index is 12.3. The van der Waals surface area contributed by atoms with Crippen LogP contribution in [0.25, 0.3) is 0 Å². The Morgan fingerprint density at radius 2 is 1.70 bits per heavy atom. The van der Waals surface area contributed by atoms with E-state index in [2.05, 4.69) is 40.1 Å². The quantitative estimate of drug-likeness (QED) is 0.376. The third-order valence-electron chi connectivity index (χ3n) is 4.49. The van der Waals surface area contributed by atoms with E-state index in [1.54, 1.807) is 17.8 Å². The minimum Gasteiger partial charge on any atom is -0.354 e. The van der Waals surface area contributed by atoms with Crippen molar-refractivity contribution in [3.05, 3.63) is 83.4 Å². The summed E-state index contributed by atoms with van der Waals surface area (Å²) in [6.45, 7) is 3.81. The molecule has 0 aliphatic carbocycles. The van der Waals surface area contributed by atoms with Crippen molar-refractivity contribution in [1.29, 1.82) is 0 Å². The fraction of sp³-hybridized carbons (Fsp3) is 0.0909. The Labute approximate surface area is 162 Å². The van der Waals surface area contributed by atoms with Gasteiger partial charge in [0.25, 0.3) is 5.91 Å². The SMILES string of the molecule is C/C(=N\NC(=O)c1ccccc1C)c1ccc2c(c1)Nc1ccccc1S2. The summed E-state index contributed by atoms with van der Waals surface area (Å²) in [4.78, 5) is 14.7. The van der Waals surface area contributed by atoms with Gasteiger partial charge in [0.2, 0.25) is 0 Å². The summed E-state index contributed by atoms with van der Waals surface area (Å²) >= 11 is 1.75. The zero-order valence-electron chi connectivity index (χ0n) is 15.1. The number of carbonyl (C=O) groups excluding carboxylic acids is 1. The molecule has 3 aromatic carbocycles. The maximum Gasteiger partial charge on any atom is 0.271 e. The van der Waals surface area contributed by atoms with E-state index in [0.717, 1.165) is 28.2 Å². The predicted octanol–water partition coefficient (Wildman–Crippen LogP) is 5.36. The molecule has 4 rings (SSSR count). The number of rotatable bonds is 3. The summed E-state index contributed by atoms with van der Waals surface area (Å²) in [5.74, 6) is -0.201. The Bertz CT molecular complexity index is 1060. The van der Waals surface area contributed by atoms with Crippen molar-refractivity contribution in [2.75, 3.05) is 5.32 Å². The molecule has 3 aromatic rings. The number of hydrogen-bond donors (Lipinski definition) is 2. The number of hydrazone groups is 1. The first-order chi connectivity index (χ1) is 13.1. The van der Waals surface area contributed by atoms with E-state index in [1.807, 2.05) is 50.2 Å². The van der Waals surface area contributed by atoms with E-state index in [0.29, 0.717) is 5.56 Å². The van der Waals surface area contributed by atoms with Gasteiger partial charge in [0.05, 0.1) is 17.1 Å². The normalized spacial score (nSPS) is 12.6. The highest BCUT2D eigenvalue weighted by Gasteiger charge is 2.16. The number of benzene rings is 3. The van der Waals surface area contributed by atoms with Crippen LogP contribution in [0.2, 0.25) is 0 Å². The van der Waals surface area contributed by atoms with Gasteiger partial charge in [0, 0.05) is 15.4 Å². The first kappa shape index (κ1) is 17.4. The van der Waals surface area contributed by atoms with Crippen molar-refractivity contribution in [1.82, 2.24) is 5.43 Å². The standard InChI is InChI=1S/C22H19N3OS/c1-14-7-3-4-8-17(14)22(26)25-24-15(2)16-11-12-21-19(13-16)23-18-9-5-6-10-20(18)27-21/h3-13,23H,1-2H3,(H,25,26)/b24-15+. The molecule has 0 atom stereocenters. The lowest BCUT2D eigenvalue weighted by molar-refractivity contribution is 0.0954. The fourth-order valence-electron chi connectivity index (χ4n) is 2.95. The smallest absolute Gasteiger partial charge is 0.271 e. The number of aryl methyl sites for hydroxylation is 1. The highest BCUT2D eigenvalue weighted by atomic mass is 32.2. The summed E-state index contributed by atoms with van der Waals surface area (Å²) < 4.78 is 0. The van der Waals surface area contributed by atoms with Gasteiger partial charge in [-0.3, -0.25) is 4.79 Å². The van der Waals surface area contributed by atoms with E-state index in [-0.39, 0.29) is 5.91 Å². The second-order valence-electron chi connectivity index (χ2n) is 6.39. The topological polar surface area (TPSA) is 53.5 Å². The van der Waals surface area contributed by atoms with Crippen LogP contribution in [0.4, 0.5) is 11.4 Å². The van der Waals surface area contributed by atoms with Gasteiger partial charge in [0.1, 0.15) is 0 Å². The van der Waals surface area contributed by atoms with Gasteiger partial charge < -0.3 is 5.32 Å². The average molecular weight is 373 g/mol. The summed E-state index contributed by atoms with van der Waals surface area (Å²) in [6.07, 6.45) is 0. The van der Waals surface area contributed by atoms with E-state index in [4.69, 9.17) is 0 Å². The van der Waals surface area contributed by atoms with Crippen molar-refractivity contribution >= 4 is 34.8 Å². The lowest BCUT2D eigenvalue weighted by atomic mass is 10.1. The van der Waals surface area contributed by atoms with Crippen molar-refractivity contribution in [2.24, 2.45) is 5.10 Å². The maximum atomic E-state index is 12.3. The highest BCUT2D eigenvalue weighted by Crippen LogP contribution is 2.44. The summed E-state index contributed by atoms with van der Waals surface area (Å²) in [5.41, 5.74) is 8.10. The van der Waals surface area contributed by atoms with Crippen LogP contribution in [-0.2, 0) is 0 Å². The Kier molecular flexibility index (Phi) is 4.69. The average Bonchev–Trinajstić information content (AvgIpc) is 2.70. The number of anilines is 2. The molecule has 1 aliphatic rings. The second-order valence-corrected chi connectivity index (χ2v) is 7.47. The first-order valence-corrected chi connectivity index (χ1v) is 9.52. The highest BCUT2D eigenvalue weighted by molar-refractivity contribution is 7.99. The summed E-state index contributed by atoms with van der Waals surface area (Å²) in [7, 11) is 0. The van der Waals surface area contributed by atoms with E-state index < -0.39 is 0 Å². The molecule has 134 valence electrons. The Morgan fingerprint density at radius 1 is 0.963 bits per heavy atom. The van der Waals surface area contributed by atoms with Crippen LogP contribution in [0.1, 0.15) is 28.4 Å². The van der Waals surface area contributed by atoms with Crippen LogP contribution in [0, 0.1) is 6.92 Å². The predicted molar refractivity (Wildman–Crippen MR) is 111 cm³/mol. The lowest BCUT2D eigenvalue weighted by Gasteiger charge is -2.21. The molecule has 0 saturated carbocycles. The van der Waals surface area contributed by atoms with Gasteiger partial charge in [-0.1, -0.05) is 48.2 Å². The molecular weight excluding hydrogens is 354 g/mol. The molecule has 0 aromatic heterocycles. The van der Waals surface area contributed by atoms with E-state index in [9.17, 15) is 4.79 Å². The van der Waals surface area contributed by atoms with Gasteiger partial charge in [-0.25, -0.2) is 5.43 Å². The summed E-state index contributed by atoms with van der Waals surface area (Å²) in [6, 6.07) is 21.9. The molecule has 0 fully saturated rings.